The highest BCUT2D eigenvalue weighted by Crippen LogP contribution is 1.98. The highest BCUT2D eigenvalue weighted by Gasteiger charge is 2.15. The van der Waals surface area contributed by atoms with Crippen LogP contribution in [0.15, 0.2) is 12.3 Å². The second kappa shape index (κ2) is 4.61. The first kappa shape index (κ1) is 9.73. The van der Waals surface area contributed by atoms with Crippen molar-refractivity contribution in [1.82, 2.24) is 10.2 Å². The minimum atomic E-state index is -0.611. The summed E-state index contributed by atoms with van der Waals surface area (Å²) in [7, 11) is 0. The number of esters is 1. The van der Waals surface area contributed by atoms with E-state index in [0.29, 0.717) is 13.0 Å². The predicted octanol–water partition coefficient (Wildman–Crippen LogP) is -0.157. The SMILES string of the molecule is CCOC(=O)[C@H](N)Cc1ccn[nH]1. The Balaban J connectivity index is 2.41. The second-order valence-corrected chi connectivity index (χ2v) is 2.64. The van der Waals surface area contributed by atoms with Crippen LogP contribution < -0.4 is 5.73 Å². The van der Waals surface area contributed by atoms with Gasteiger partial charge in [-0.3, -0.25) is 9.89 Å². The van der Waals surface area contributed by atoms with Crippen LogP contribution in [0.5, 0.6) is 0 Å². The number of nitrogens with zero attached hydrogens (tertiary/aromatic N) is 1. The van der Waals surface area contributed by atoms with Gasteiger partial charge in [0.2, 0.25) is 0 Å². The zero-order valence-corrected chi connectivity index (χ0v) is 7.49. The van der Waals surface area contributed by atoms with Crippen LogP contribution in [0.2, 0.25) is 0 Å². The summed E-state index contributed by atoms with van der Waals surface area (Å²) in [4.78, 5) is 11.1. The fourth-order valence-corrected chi connectivity index (χ4v) is 0.968. The molecule has 72 valence electrons. The maximum Gasteiger partial charge on any atom is 0.323 e. The maximum atomic E-state index is 11.1. The molecule has 0 aliphatic rings. The first-order valence-corrected chi connectivity index (χ1v) is 4.14. The first-order valence-electron chi connectivity index (χ1n) is 4.14. The predicted molar refractivity (Wildman–Crippen MR) is 46.9 cm³/mol. The molecule has 13 heavy (non-hydrogen) atoms. The van der Waals surface area contributed by atoms with Crippen molar-refractivity contribution in [3.63, 3.8) is 0 Å². The van der Waals surface area contributed by atoms with E-state index in [-0.39, 0.29) is 5.97 Å². The summed E-state index contributed by atoms with van der Waals surface area (Å²) in [6, 6.07) is 1.17. The van der Waals surface area contributed by atoms with Gasteiger partial charge in [0.1, 0.15) is 6.04 Å². The van der Waals surface area contributed by atoms with E-state index in [1.807, 2.05) is 0 Å². The summed E-state index contributed by atoms with van der Waals surface area (Å²) in [6.07, 6.45) is 2.05. The number of hydrogen-bond donors (Lipinski definition) is 2. The molecule has 1 aromatic rings. The van der Waals surface area contributed by atoms with Crippen LogP contribution in [0, 0.1) is 0 Å². The molecule has 1 rings (SSSR count). The number of aromatic amines is 1. The quantitative estimate of drug-likeness (QED) is 0.636. The maximum absolute atomic E-state index is 11.1. The van der Waals surface area contributed by atoms with Gasteiger partial charge in [-0.05, 0) is 13.0 Å². The third-order valence-corrected chi connectivity index (χ3v) is 1.59. The van der Waals surface area contributed by atoms with Gasteiger partial charge in [-0.1, -0.05) is 0 Å². The highest BCUT2D eigenvalue weighted by molar-refractivity contribution is 5.75. The number of aromatic nitrogens is 2. The summed E-state index contributed by atoms with van der Waals surface area (Å²) < 4.78 is 4.75. The Hall–Kier alpha value is -1.36. The molecule has 0 amide bonds. The molecule has 1 heterocycles. The van der Waals surface area contributed by atoms with E-state index < -0.39 is 6.04 Å². The molecule has 0 aliphatic carbocycles. The number of nitrogens with one attached hydrogen (secondary N) is 1. The normalized spacial score (nSPS) is 12.5. The molecule has 1 aromatic heterocycles. The Kier molecular flexibility index (Phi) is 3.45. The van der Waals surface area contributed by atoms with Crippen molar-refractivity contribution in [2.45, 2.75) is 19.4 Å². The molecule has 1 atom stereocenters. The largest absolute Gasteiger partial charge is 0.465 e. The molecule has 0 fully saturated rings. The number of nitrogens with two attached hydrogens (primary N) is 1. The van der Waals surface area contributed by atoms with Gasteiger partial charge in [0.25, 0.3) is 0 Å². The molecule has 0 aliphatic heterocycles. The fourth-order valence-electron chi connectivity index (χ4n) is 0.968. The van der Waals surface area contributed by atoms with E-state index in [9.17, 15) is 4.79 Å². The lowest BCUT2D eigenvalue weighted by atomic mass is 10.2. The van der Waals surface area contributed by atoms with Gasteiger partial charge in [-0.25, -0.2) is 0 Å². The molecule has 5 heteroatoms. The number of hydrogen-bond acceptors (Lipinski definition) is 4. The summed E-state index contributed by atoms with van der Waals surface area (Å²) >= 11 is 0. The third-order valence-electron chi connectivity index (χ3n) is 1.59. The summed E-state index contributed by atoms with van der Waals surface area (Å²) in [6.45, 7) is 2.11. The number of carbonyl (C=O) groups is 1. The van der Waals surface area contributed by atoms with Crippen LogP contribution in [0.4, 0.5) is 0 Å². The van der Waals surface area contributed by atoms with Gasteiger partial charge >= 0.3 is 5.97 Å². The monoisotopic (exact) mass is 183 g/mol. The third kappa shape index (κ3) is 2.87. The van der Waals surface area contributed by atoms with E-state index in [1.54, 1.807) is 19.2 Å². The molecule has 0 spiro atoms. The number of rotatable bonds is 4. The van der Waals surface area contributed by atoms with Crippen molar-refractivity contribution >= 4 is 5.97 Å². The van der Waals surface area contributed by atoms with Gasteiger partial charge in [-0.2, -0.15) is 5.10 Å². The van der Waals surface area contributed by atoms with Crippen LogP contribution in [0.1, 0.15) is 12.6 Å². The molecule has 0 unspecified atom stereocenters. The Morgan fingerprint density at radius 3 is 3.15 bits per heavy atom. The van der Waals surface area contributed by atoms with E-state index in [4.69, 9.17) is 10.5 Å². The topological polar surface area (TPSA) is 81.0 Å². The lowest BCUT2D eigenvalue weighted by molar-refractivity contribution is -0.144. The number of ether oxygens (including phenoxy) is 1. The van der Waals surface area contributed by atoms with E-state index in [1.165, 1.54) is 0 Å². The Morgan fingerprint density at radius 2 is 2.62 bits per heavy atom. The summed E-state index contributed by atoms with van der Waals surface area (Å²) in [5, 5.41) is 6.48. The molecule has 0 radical (unpaired) electrons. The standard InChI is InChI=1S/C8H13N3O2/c1-2-13-8(12)7(9)5-6-3-4-10-11-6/h3-4,7H,2,5,9H2,1H3,(H,10,11)/t7-/m1/s1. The average molecular weight is 183 g/mol. The molecular weight excluding hydrogens is 170 g/mol. The molecule has 0 saturated heterocycles. The molecule has 0 aromatic carbocycles. The minimum Gasteiger partial charge on any atom is -0.465 e. The van der Waals surface area contributed by atoms with Crippen LogP contribution in [0.3, 0.4) is 0 Å². The first-order chi connectivity index (χ1) is 6.24. The fraction of sp³-hybridized carbons (Fsp3) is 0.500. The highest BCUT2D eigenvalue weighted by atomic mass is 16.5. The molecule has 3 N–H and O–H groups in total. The lowest BCUT2D eigenvalue weighted by Gasteiger charge is -2.08. The van der Waals surface area contributed by atoms with Gasteiger partial charge in [0.05, 0.1) is 6.61 Å². The Morgan fingerprint density at radius 1 is 1.85 bits per heavy atom. The van der Waals surface area contributed by atoms with E-state index in [2.05, 4.69) is 10.2 Å². The molecule has 0 saturated carbocycles. The van der Waals surface area contributed by atoms with E-state index >= 15 is 0 Å². The zero-order valence-electron chi connectivity index (χ0n) is 7.49. The number of H-pyrrole nitrogens is 1. The van der Waals surface area contributed by atoms with Gasteiger partial charge in [0.15, 0.2) is 0 Å². The Bertz CT molecular complexity index is 258. The van der Waals surface area contributed by atoms with Crippen molar-refractivity contribution in [2.75, 3.05) is 6.61 Å². The average Bonchev–Trinajstić information content (AvgIpc) is 2.57. The van der Waals surface area contributed by atoms with Gasteiger partial charge in [-0.15, -0.1) is 0 Å². The van der Waals surface area contributed by atoms with Gasteiger partial charge in [0, 0.05) is 18.3 Å². The van der Waals surface area contributed by atoms with Gasteiger partial charge < -0.3 is 10.5 Å². The van der Waals surface area contributed by atoms with Crippen LogP contribution in [-0.4, -0.2) is 28.8 Å². The van der Waals surface area contributed by atoms with Crippen molar-refractivity contribution in [3.8, 4) is 0 Å². The second-order valence-electron chi connectivity index (χ2n) is 2.64. The van der Waals surface area contributed by atoms with Crippen molar-refractivity contribution < 1.29 is 9.53 Å². The van der Waals surface area contributed by atoms with Crippen molar-refractivity contribution in [3.05, 3.63) is 18.0 Å². The van der Waals surface area contributed by atoms with Crippen LogP contribution >= 0.6 is 0 Å². The van der Waals surface area contributed by atoms with Crippen molar-refractivity contribution in [2.24, 2.45) is 5.73 Å². The molecule has 5 nitrogen and oxygen atoms in total. The lowest BCUT2D eigenvalue weighted by Crippen LogP contribution is -2.34. The zero-order chi connectivity index (χ0) is 9.68. The van der Waals surface area contributed by atoms with E-state index in [0.717, 1.165) is 5.69 Å². The van der Waals surface area contributed by atoms with Crippen molar-refractivity contribution in [1.29, 1.82) is 0 Å². The number of carbonyl (C=O) groups excluding carboxylic acids is 1. The summed E-state index contributed by atoms with van der Waals surface area (Å²) in [5.74, 6) is -0.378. The molecule has 0 bridgehead atoms. The Labute approximate surface area is 76.3 Å². The minimum absolute atomic E-state index is 0.357. The smallest absolute Gasteiger partial charge is 0.323 e. The van der Waals surface area contributed by atoms with Crippen LogP contribution in [-0.2, 0) is 16.0 Å². The summed E-state index contributed by atoms with van der Waals surface area (Å²) in [5.41, 5.74) is 6.41. The molecular formula is C8H13N3O2. The van der Waals surface area contributed by atoms with Crippen LogP contribution in [0.25, 0.3) is 0 Å².